The molecule has 0 heterocycles. The molecule has 0 saturated heterocycles. The lowest BCUT2D eigenvalue weighted by Gasteiger charge is -2.15. The summed E-state index contributed by atoms with van der Waals surface area (Å²) in [5, 5.41) is 21.8. The molecule has 2 aliphatic carbocycles. The fourth-order valence-corrected chi connectivity index (χ4v) is 5.57. The first-order valence-electron chi connectivity index (χ1n) is 11.7. The Kier molecular flexibility index (Phi) is 6.43. The van der Waals surface area contributed by atoms with Gasteiger partial charge in [0.05, 0.1) is 29.7 Å². The Morgan fingerprint density at radius 2 is 2.03 bits per heavy atom. The van der Waals surface area contributed by atoms with Crippen LogP contribution in [0.2, 0.25) is 0 Å². The number of carbonyl (C=O) groups excluding carboxylic acids is 2. The number of benzene rings is 2. The summed E-state index contributed by atoms with van der Waals surface area (Å²) in [6.07, 6.45) is 3.06. The van der Waals surface area contributed by atoms with Crippen LogP contribution < -0.4 is 5.32 Å². The highest BCUT2D eigenvalue weighted by Crippen LogP contribution is 2.66. The van der Waals surface area contributed by atoms with Crippen LogP contribution in [0, 0.1) is 23.2 Å². The number of aryl methyl sites for hydroxylation is 2. The Balaban J connectivity index is 1.53. The van der Waals surface area contributed by atoms with Crippen LogP contribution in [0.15, 0.2) is 36.4 Å². The lowest BCUT2D eigenvalue weighted by molar-refractivity contribution is -0.143. The van der Waals surface area contributed by atoms with Crippen molar-refractivity contribution in [2.24, 2.45) is 11.8 Å². The first kappa shape index (κ1) is 23.5. The van der Waals surface area contributed by atoms with Gasteiger partial charge in [-0.25, -0.2) is 4.79 Å². The summed E-state index contributed by atoms with van der Waals surface area (Å²) in [5.41, 5.74) is 3.86. The van der Waals surface area contributed by atoms with E-state index in [-0.39, 0.29) is 41.1 Å². The second-order valence-corrected chi connectivity index (χ2v) is 9.12. The molecule has 0 unspecified atom stereocenters. The molecule has 1 fully saturated rings. The van der Waals surface area contributed by atoms with Crippen LogP contribution in [0.5, 0.6) is 0 Å². The van der Waals surface area contributed by atoms with Gasteiger partial charge in [0.25, 0.3) is 0 Å². The maximum Gasteiger partial charge on any atom is 0.335 e. The molecule has 7 heteroatoms. The molecule has 4 rings (SSSR count). The zero-order valence-electron chi connectivity index (χ0n) is 19.4. The average molecular weight is 461 g/mol. The van der Waals surface area contributed by atoms with Gasteiger partial charge in [0.2, 0.25) is 5.91 Å². The van der Waals surface area contributed by atoms with Crippen molar-refractivity contribution in [2.75, 3.05) is 11.9 Å². The van der Waals surface area contributed by atoms with E-state index in [4.69, 9.17) is 4.74 Å². The summed E-state index contributed by atoms with van der Waals surface area (Å²) in [4.78, 5) is 36.6. The largest absolute Gasteiger partial charge is 0.478 e. The van der Waals surface area contributed by atoms with Gasteiger partial charge >= 0.3 is 11.9 Å². The van der Waals surface area contributed by atoms with Gasteiger partial charge in [-0.15, -0.1) is 0 Å². The zero-order chi connectivity index (χ0) is 24.5. The highest BCUT2D eigenvalue weighted by molar-refractivity contribution is 5.98. The highest BCUT2D eigenvalue weighted by Gasteiger charge is 2.68. The van der Waals surface area contributed by atoms with Crippen molar-refractivity contribution in [1.82, 2.24) is 0 Å². The number of nitrogens with one attached hydrogen (secondary N) is 1. The van der Waals surface area contributed by atoms with E-state index in [1.54, 1.807) is 31.2 Å². The molecule has 1 amide bonds. The number of amides is 1. The van der Waals surface area contributed by atoms with E-state index in [0.29, 0.717) is 30.7 Å². The Hall–Kier alpha value is -3.66. The molecule has 0 aliphatic heterocycles. The van der Waals surface area contributed by atoms with Crippen molar-refractivity contribution in [3.8, 4) is 6.07 Å². The highest BCUT2D eigenvalue weighted by atomic mass is 16.5. The van der Waals surface area contributed by atoms with E-state index in [0.717, 1.165) is 29.5 Å². The third-order valence-corrected chi connectivity index (χ3v) is 7.34. The number of rotatable bonds is 8. The van der Waals surface area contributed by atoms with Crippen LogP contribution >= 0.6 is 0 Å². The molecule has 1 spiro atoms. The van der Waals surface area contributed by atoms with Crippen molar-refractivity contribution in [3.63, 3.8) is 0 Å². The van der Waals surface area contributed by atoms with Crippen molar-refractivity contribution < 1.29 is 24.2 Å². The van der Waals surface area contributed by atoms with Crippen molar-refractivity contribution in [3.05, 3.63) is 64.2 Å². The van der Waals surface area contributed by atoms with Crippen molar-refractivity contribution in [2.45, 2.75) is 51.4 Å². The van der Waals surface area contributed by atoms with E-state index in [9.17, 15) is 24.8 Å². The monoisotopic (exact) mass is 460 g/mol. The summed E-state index contributed by atoms with van der Waals surface area (Å²) in [5.74, 6) is -1.53. The Morgan fingerprint density at radius 1 is 1.24 bits per heavy atom. The molecule has 0 aromatic heterocycles. The van der Waals surface area contributed by atoms with Crippen LogP contribution in [-0.2, 0) is 32.6 Å². The first-order valence-corrected chi connectivity index (χ1v) is 11.7. The topological polar surface area (TPSA) is 116 Å². The lowest BCUT2D eigenvalue weighted by atomic mass is 9.92. The fraction of sp³-hybridized carbons (Fsp3) is 0.407. The van der Waals surface area contributed by atoms with Crippen molar-refractivity contribution in [1.29, 1.82) is 5.26 Å². The Morgan fingerprint density at radius 3 is 2.74 bits per heavy atom. The van der Waals surface area contributed by atoms with E-state index >= 15 is 0 Å². The molecule has 2 aromatic carbocycles. The minimum atomic E-state index is -0.972. The van der Waals surface area contributed by atoms with Gasteiger partial charge in [-0.05, 0) is 79.5 Å². The van der Waals surface area contributed by atoms with Crippen LogP contribution in [0.3, 0.4) is 0 Å². The van der Waals surface area contributed by atoms with Crippen LogP contribution in [0.4, 0.5) is 5.69 Å². The number of carboxylic acid groups (broad SMARTS) is 1. The summed E-state index contributed by atoms with van der Waals surface area (Å²) in [6, 6.07) is 12.5. The molecule has 7 nitrogen and oxygen atoms in total. The fourth-order valence-electron chi connectivity index (χ4n) is 5.57. The van der Waals surface area contributed by atoms with Gasteiger partial charge in [0.1, 0.15) is 0 Å². The molecule has 0 bridgehead atoms. The van der Waals surface area contributed by atoms with Gasteiger partial charge < -0.3 is 15.2 Å². The number of esters is 1. The molecular formula is C27H28N2O5. The number of hydrogen-bond donors (Lipinski definition) is 2. The quantitative estimate of drug-likeness (QED) is 0.570. The van der Waals surface area contributed by atoms with Gasteiger partial charge in [0, 0.05) is 17.5 Å². The van der Waals surface area contributed by atoms with Gasteiger partial charge in [0.15, 0.2) is 0 Å². The third-order valence-electron chi connectivity index (χ3n) is 7.34. The number of hydrogen-bond acceptors (Lipinski definition) is 5. The number of nitriles is 1. The molecule has 3 atom stereocenters. The summed E-state index contributed by atoms with van der Waals surface area (Å²) >= 11 is 0. The van der Waals surface area contributed by atoms with E-state index in [1.807, 2.05) is 19.1 Å². The molecule has 1 saturated carbocycles. The predicted octanol–water partition coefficient (Wildman–Crippen LogP) is 4.23. The van der Waals surface area contributed by atoms with E-state index in [1.165, 1.54) is 0 Å². The molecule has 176 valence electrons. The summed E-state index contributed by atoms with van der Waals surface area (Å²) < 4.78 is 4.98. The number of anilines is 1. The molecule has 2 aliphatic rings. The summed E-state index contributed by atoms with van der Waals surface area (Å²) in [6.45, 7) is 4.15. The number of ether oxygens (including phenoxy) is 1. The summed E-state index contributed by atoms with van der Waals surface area (Å²) in [7, 11) is 0. The van der Waals surface area contributed by atoms with Crippen LogP contribution in [-0.4, -0.2) is 29.6 Å². The number of nitrogens with zero attached hydrogens (tertiary/aromatic N) is 1. The van der Waals surface area contributed by atoms with E-state index in [2.05, 4.69) is 11.4 Å². The minimum Gasteiger partial charge on any atom is -0.478 e. The number of carbonyl (C=O) groups is 3. The van der Waals surface area contributed by atoms with Crippen LogP contribution in [0.25, 0.3) is 0 Å². The van der Waals surface area contributed by atoms with E-state index < -0.39 is 5.97 Å². The predicted molar refractivity (Wildman–Crippen MR) is 125 cm³/mol. The molecule has 2 N–H and O–H groups in total. The first-order chi connectivity index (χ1) is 16.3. The van der Waals surface area contributed by atoms with Crippen molar-refractivity contribution >= 4 is 23.5 Å². The lowest BCUT2D eigenvalue weighted by Crippen LogP contribution is -2.21. The second kappa shape index (κ2) is 9.30. The normalized spacial score (nSPS) is 22.0. The minimum absolute atomic E-state index is 0.0872. The van der Waals surface area contributed by atoms with Crippen LogP contribution in [0.1, 0.15) is 65.7 Å². The number of carboxylic acids is 1. The molecular weight excluding hydrogens is 432 g/mol. The molecule has 0 radical (unpaired) electrons. The average Bonchev–Trinajstić information content (AvgIpc) is 3.23. The third kappa shape index (κ3) is 4.16. The Labute approximate surface area is 198 Å². The van der Waals surface area contributed by atoms with Gasteiger partial charge in [-0.1, -0.05) is 19.1 Å². The standard InChI is InChI=1S/C27H28N2O5/c1-3-34-23(30)6-4-5-19-8-7-17(15-28)13-22(19)29-25(31)24-16(2)27(24)12-11-18-9-10-20(26(32)33)14-21(18)27/h7-10,13-14,16,24H,3-6,11-12H2,1-2H3,(H,29,31)(H,32,33)/t16-,24-,27-/m0/s1. The zero-order valence-corrected chi connectivity index (χ0v) is 19.4. The smallest absolute Gasteiger partial charge is 0.335 e. The Bertz CT molecular complexity index is 1200. The number of fused-ring (bicyclic) bond motifs is 2. The van der Waals surface area contributed by atoms with Gasteiger partial charge in [-0.2, -0.15) is 5.26 Å². The SMILES string of the molecule is CCOC(=O)CCCc1ccc(C#N)cc1NC(=O)[C@@H]1[C@H](C)[C@]12CCc1ccc(C(=O)O)cc12. The molecule has 2 aromatic rings. The molecule has 34 heavy (non-hydrogen) atoms. The number of aromatic carboxylic acids is 1. The maximum atomic E-state index is 13.4. The van der Waals surface area contributed by atoms with Gasteiger partial charge in [-0.3, -0.25) is 9.59 Å². The maximum absolute atomic E-state index is 13.4. The second-order valence-electron chi connectivity index (χ2n) is 9.12.